The van der Waals surface area contributed by atoms with Crippen LogP contribution in [0.15, 0.2) is 12.1 Å². The van der Waals surface area contributed by atoms with E-state index in [1.165, 1.54) is 0 Å². The first kappa shape index (κ1) is 16.5. The summed E-state index contributed by atoms with van der Waals surface area (Å²) in [5.41, 5.74) is 1.04. The van der Waals surface area contributed by atoms with Crippen molar-refractivity contribution in [2.24, 2.45) is 5.41 Å². The molecule has 1 atom stereocenters. The summed E-state index contributed by atoms with van der Waals surface area (Å²) in [5, 5.41) is 13.1. The summed E-state index contributed by atoms with van der Waals surface area (Å²) in [4.78, 5) is 13.9. The van der Waals surface area contributed by atoms with Gasteiger partial charge in [-0.2, -0.15) is 0 Å². The number of rotatable bonds is 4. The fraction of sp³-hybridized carbons (Fsp3) is 0.611. The van der Waals surface area contributed by atoms with E-state index in [4.69, 9.17) is 14.2 Å². The first-order valence-electron chi connectivity index (χ1n) is 8.74. The molecule has 0 saturated carbocycles. The van der Waals surface area contributed by atoms with Gasteiger partial charge in [0.05, 0.1) is 7.11 Å². The van der Waals surface area contributed by atoms with Crippen LogP contribution in [0.2, 0.25) is 0 Å². The number of carbonyl (C=O) groups is 1. The monoisotopic (exact) mass is 348 g/mol. The summed E-state index contributed by atoms with van der Waals surface area (Å²) in [5.74, 6) is 1.33. The lowest BCUT2D eigenvalue weighted by Crippen LogP contribution is -2.38. The van der Waals surface area contributed by atoms with Crippen LogP contribution in [-0.4, -0.2) is 55.6 Å². The average molecular weight is 348 g/mol. The first-order chi connectivity index (χ1) is 12.1. The minimum absolute atomic E-state index is 0.109. The smallest absolute Gasteiger partial charge is 0.320 e. The van der Waals surface area contributed by atoms with Crippen molar-refractivity contribution in [3.8, 4) is 17.2 Å². The molecule has 0 unspecified atom stereocenters. The molecule has 3 aliphatic rings. The zero-order valence-electron chi connectivity index (χ0n) is 14.4. The fourth-order valence-electron chi connectivity index (χ4n) is 4.37. The second-order valence-electron chi connectivity index (χ2n) is 7.23. The number of fused-ring (bicyclic) bond motifs is 1. The van der Waals surface area contributed by atoms with Crippen LogP contribution in [0.4, 0.5) is 0 Å². The van der Waals surface area contributed by atoms with Crippen molar-refractivity contribution >= 4 is 5.97 Å². The fourth-order valence-corrected chi connectivity index (χ4v) is 4.37. The van der Waals surface area contributed by atoms with Gasteiger partial charge in [0.2, 0.25) is 6.79 Å². The molecule has 1 aromatic carbocycles. The highest BCUT2D eigenvalue weighted by Crippen LogP contribution is 2.44. The number of benzene rings is 1. The SMILES string of the molecule is COc1cc2c(cc1CN1CC3(CCNCC3)C[C@H]1C(=O)O)OCO2. The van der Waals surface area contributed by atoms with Gasteiger partial charge in [0.15, 0.2) is 11.5 Å². The van der Waals surface area contributed by atoms with Gasteiger partial charge in [-0.15, -0.1) is 0 Å². The summed E-state index contributed by atoms with van der Waals surface area (Å²) in [6.45, 7) is 3.48. The second-order valence-corrected chi connectivity index (χ2v) is 7.23. The van der Waals surface area contributed by atoms with Gasteiger partial charge in [0.1, 0.15) is 11.8 Å². The van der Waals surface area contributed by atoms with Gasteiger partial charge in [-0.05, 0) is 43.8 Å². The van der Waals surface area contributed by atoms with E-state index >= 15 is 0 Å². The standard InChI is InChI=1S/C18H24N2O5/c1-23-14-7-16-15(24-11-25-16)6-12(14)9-20-10-18(2-4-19-5-3-18)8-13(20)17(21)22/h6-7,13,19H,2-5,8-11H2,1H3,(H,21,22)/t13-/m0/s1. The highest BCUT2D eigenvalue weighted by Gasteiger charge is 2.47. The van der Waals surface area contributed by atoms with Gasteiger partial charge in [-0.1, -0.05) is 0 Å². The molecule has 2 N–H and O–H groups in total. The maximum atomic E-state index is 11.8. The number of hydrogen-bond donors (Lipinski definition) is 2. The highest BCUT2D eigenvalue weighted by molar-refractivity contribution is 5.74. The van der Waals surface area contributed by atoms with Crippen molar-refractivity contribution in [1.82, 2.24) is 10.2 Å². The van der Waals surface area contributed by atoms with Crippen molar-refractivity contribution in [2.45, 2.75) is 31.8 Å². The quantitative estimate of drug-likeness (QED) is 0.852. The Hall–Kier alpha value is -1.99. The molecular weight excluding hydrogens is 324 g/mol. The number of piperidine rings is 1. The van der Waals surface area contributed by atoms with E-state index in [2.05, 4.69) is 10.2 Å². The van der Waals surface area contributed by atoms with E-state index in [0.717, 1.165) is 44.5 Å². The van der Waals surface area contributed by atoms with Crippen molar-refractivity contribution in [3.63, 3.8) is 0 Å². The molecular formula is C18H24N2O5. The molecule has 7 nitrogen and oxygen atoms in total. The van der Waals surface area contributed by atoms with E-state index in [1.807, 2.05) is 12.1 Å². The van der Waals surface area contributed by atoms with E-state index in [9.17, 15) is 9.90 Å². The second kappa shape index (κ2) is 6.38. The molecule has 3 heterocycles. The topological polar surface area (TPSA) is 80.3 Å². The van der Waals surface area contributed by atoms with Crippen LogP contribution < -0.4 is 19.5 Å². The minimum atomic E-state index is -0.741. The van der Waals surface area contributed by atoms with Crippen LogP contribution in [0.25, 0.3) is 0 Å². The molecule has 0 radical (unpaired) electrons. The number of nitrogens with zero attached hydrogens (tertiary/aromatic N) is 1. The van der Waals surface area contributed by atoms with E-state index in [0.29, 0.717) is 23.8 Å². The summed E-state index contributed by atoms with van der Waals surface area (Å²) in [7, 11) is 1.62. The van der Waals surface area contributed by atoms with Crippen LogP contribution >= 0.6 is 0 Å². The van der Waals surface area contributed by atoms with Gasteiger partial charge < -0.3 is 24.6 Å². The van der Waals surface area contributed by atoms with E-state index in [-0.39, 0.29) is 12.2 Å². The maximum absolute atomic E-state index is 11.8. The summed E-state index contributed by atoms with van der Waals surface area (Å²) >= 11 is 0. The van der Waals surface area contributed by atoms with Crippen LogP contribution in [0.1, 0.15) is 24.8 Å². The Bertz CT molecular complexity index is 672. The van der Waals surface area contributed by atoms with Crippen LogP contribution in [-0.2, 0) is 11.3 Å². The normalized spacial score (nSPS) is 24.6. The van der Waals surface area contributed by atoms with Crippen LogP contribution in [0, 0.1) is 5.41 Å². The summed E-state index contributed by atoms with van der Waals surface area (Å²) in [6.07, 6.45) is 2.79. The Kier molecular flexibility index (Phi) is 4.21. The van der Waals surface area contributed by atoms with Crippen molar-refractivity contribution in [3.05, 3.63) is 17.7 Å². The number of carboxylic acid groups (broad SMARTS) is 1. The molecule has 25 heavy (non-hydrogen) atoms. The summed E-state index contributed by atoms with van der Waals surface area (Å²) < 4.78 is 16.4. The molecule has 0 amide bonds. The largest absolute Gasteiger partial charge is 0.496 e. The van der Waals surface area contributed by atoms with Crippen molar-refractivity contribution in [1.29, 1.82) is 0 Å². The van der Waals surface area contributed by atoms with Gasteiger partial charge in [-0.3, -0.25) is 9.69 Å². The molecule has 1 spiro atoms. The van der Waals surface area contributed by atoms with Crippen LogP contribution in [0.3, 0.4) is 0 Å². The lowest BCUT2D eigenvalue weighted by atomic mass is 9.77. The van der Waals surface area contributed by atoms with E-state index < -0.39 is 12.0 Å². The predicted octanol–water partition coefficient (Wildman–Crippen LogP) is 1.45. The number of methoxy groups -OCH3 is 1. The van der Waals surface area contributed by atoms with Crippen LogP contribution in [0.5, 0.6) is 17.2 Å². The number of nitrogens with one attached hydrogen (secondary N) is 1. The van der Waals surface area contributed by atoms with Gasteiger partial charge in [0.25, 0.3) is 0 Å². The van der Waals surface area contributed by atoms with Crippen molar-refractivity contribution < 1.29 is 24.1 Å². The van der Waals surface area contributed by atoms with E-state index in [1.54, 1.807) is 7.11 Å². The molecule has 3 aliphatic heterocycles. The third-order valence-corrected chi connectivity index (χ3v) is 5.70. The molecule has 7 heteroatoms. The zero-order valence-corrected chi connectivity index (χ0v) is 14.4. The molecule has 0 bridgehead atoms. The Labute approximate surface area is 146 Å². The number of hydrogen-bond acceptors (Lipinski definition) is 6. The van der Waals surface area contributed by atoms with Crippen molar-refractivity contribution in [2.75, 3.05) is 33.5 Å². The molecule has 2 fully saturated rings. The number of ether oxygens (including phenoxy) is 3. The number of carboxylic acids is 1. The third kappa shape index (κ3) is 3.02. The third-order valence-electron chi connectivity index (χ3n) is 5.70. The molecule has 0 aromatic heterocycles. The molecule has 4 rings (SSSR count). The van der Waals surface area contributed by atoms with Gasteiger partial charge in [-0.25, -0.2) is 0 Å². The lowest BCUT2D eigenvalue weighted by Gasteiger charge is -2.33. The molecule has 2 saturated heterocycles. The summed E-state index contributed by atoms with van der Waals surface area (Å²) in [6, 6.07) is 3.28. The Morgan fingerprint density at radius 3 is 2.76 bits per heavy atom. The van der Waals surface area contributed by atoms with Gasteiger partial charge in [0, 0.05) is 24.7 Å². The molecule has 136 valence electrons. The Balaban J connectivity index is 1.59. The highest BCUT2D eigenvalue weighted by atomic mass is 16.7. The average Bonchev–Trinajstić information content (AvgIpc) is 3.19. The first-order valence-corrected chi connectivity index (χ1v) is 8.74. The Morgan fingerprint density at radius 2 is 2.08 bits per heavy atom. The van der Waals surface area contributed by atoms with Gasteiger partial charge >= 0.3 is 5.97 Å². The predicted molar refractivity (Wildman–Crippen MR) is 90.1 cm³/mol. The molecule has 1 aromatic rings. The minimum Gasteiger partial charge on any atom is -0.496 e. The maximum Gasteiger partial charge on any atom is 0.320 e. The lowest BCUT2D eigenvalue weighted by molar-refractivity contribution is -0.142. The zero-order chi connectivity index (χ0) is 17.4. The molecule has 0 aliphatic carbocycles. The Morgan fingerprint density at radius 1 is 1.36 bits per heavy atom. The number of aliphatic carboxylic acids is 1. The number of likely N-dealkylation sites (tertiary alicyclic amines) is 1.